The molecule has 1 aliphatic heterocycles. The third-order valence-corrected chi connectivity index (χ3v) is 4.55. The molecule has 4 heteroatoms. The topological polar surface area (TPSA) is 15.3 Å². The summed E-state index contributed by atoms with van der Waals surface area (Å²) in [7, 11) is 0. The van der Waals surface area contributed by atoms with E-state index in [1.807, 2.05) is 18.2 Å². The Hall–Kier alpha value is -0.280. The molecule has 1 aliphatic rings. The quantitative estimate of drug-likeness (QED) is 0.905. The van der Waals surface area contributed by atoms with Crippen LogP contribution in [0.1, 0.15) is 32.3 Å². The number of nitrogens with one attached hydrogen (secondary N) is 1. The van der Waals surface area contributed by atoms with E-state index in [0.29, 0.717) is 12.1 Å². The molecular formula is C15H22Cl2N2. The summed E-state index contributed by atoms with van der Waals surface area (Å²) in [5.74, 6) is 0. The van der Waals surface area contributed by atoms with Crippen molar-refractivity contribution in [2.45, 2.75) is 45.3 Å². The van der Waals surface area contributed by atoms with Crippen LogP contribution in [0.25, 0.3) is 0 Å². The summed E-state index contributed by atoms with van der Waals surface area (Å²) in [5, 5.41) is 5.14. The van der Waals surface area contributed by atoms with E-state index >= 15 is 0 Å². The zero-order chi connectivity index (χ0) is 13.8. The third-order valence-electron chi connectivity index (χ3n) is 3.84. The highest BCUT2D eigenvalue weighted by molar-refractivity contribution is 6.35. The SMILES string of the molecule is CCCC1CN(Cc2c(Cl)cccc2Cl)C(C)CN1. The van der Waals surface area contributed by atoms with Crippen LogP contribution >= 0.6 is 23.2 Å². The molecule has 1 aromatic carbocycles. The van der Waals surface area contributed by atoms with Crippen LogP contribution in [-0.4, -0.2) is 30.1 Å². The largest absolute Gasteiger partial charge is 0.311 e. The number of halogens is 2. The summed E-state index contributed by atoms with van der Waals surface area (Å²) in [6.07, 6.45) is 2.44. The third kappa shape index (κ3) is 3.85. The molecular weight excluding hydrogens is 279 g/mol. The molecule has 1 fully saturated rings. The van der Waals surface area contributed by atoms with Gasteiger partial charge in [0.25, 0.3) is 0 Å². The minimum absolute atomic E-state index is 0.514. The van der Waals surface area contributed by atoms with E-state index in [9.17, 15) is 0 Å². The molecule has 0 spiro atoms. The molecule has 2 rings (SSSR count). The van der Waals surface area contributed by atoms with Gasteiger partial charge in [0.15, 0.2) is 0 Å². The summed E-state index contributed by atoms with van der Waals surface area (Å²) in [6.45, 7) is 7.42. The Morgan fingerprint density at radius 3 is 2.63 bits per heavy atom. The van der Waals surface area contributed by atoms with Crippen LogP contribution in [0, 0.1) is 0 Å². The number of rotatable bonds is 4. The van der Waals surface area contributed by atoms with Crippen LogP contribution in [0.15, 0.2) is 18.2 Å². The minimum Gasteiger partial charge on any atom is -0.311 e. The molecule has 1 heterocycles. The van der Waals surface area contributed by atoms with E-state index in [4.69, 9.17) is 23.2 Å². The Morgan fingerprint density at radius 2 is 2.00 bits per heavy atom. The molecule has 0 bridgehead atoms. The van der Waals surface area contributed by atoms with Gasteiger partial charge in [0.05, 0.1) is 0 Å². The molecule has 0 radical (unpaired) electrons. The molecule has 2 unspecified atom stereocenters. The molecule has 0 aromatic heterocycles. The molecule has 0 amide bonds. The van der Waals surface area contributed by atoms with E-state index in [1.54, 1.807) is 0 Å². The lowest BCUT2D eigenvalue weighted by molar-refractivity contribution is 0.129. The van der Waals surface area contributed by atoms with E-state index < -0.39 is 0 Å². The van der Waals surface area contributed by atoms with Crippen LogP contribution in [-0.2, 0) is 6.54 Å². The van der Waals surface area contributed by atoms with Crippen molar-refractivity contribution in [3.05, 3.63) is 33.8 Å². The number of piperazine rings is 1. The zero-order valence-electron chi connectivity index (χ0n) is 11.6. The van der Waals surface area contributed by atoms with Gasteiger partial charge in [0.2, 0.25) is 0 Å². The maximum atomic E-state index is 6.27. The minimum atomic E-state index is 0.514. The fraction of sp³-hybridized carbons (Fsp3) is 0.600. The van der Waals surface area contributed by atoms with Crippen molar-refractivity contribution >= 4 is 23.2 Å². The Kier molecular flexibility index (Phi) is 5.52. The Bertz CT molecular complexity index is 402. The second kappa shape index (κ2) is 6.94. The van der Waals surface area contributed by atoms with Crippen LogP contribution in [0.2, 0.25) is 10.0 Å². The summed E-state index contributed by atoms with van der Waals surface area (Å²) in [4.78, 5) is 2.48. The second-order valence-corrected chi connectivity index (χ2v) is 6.19. The molecule has 2 nitrogen and oxygen atoms in total. The molecule has 1 N–H and O–H groups in total. The number of nitrogens with zero attached hydrogens (tertiary/aromatic N) is 1. The normalized spacial score (nSPS) is 24.6. The van der Waals surface area contributed by atoms with Crippen molar-refractivity contribution in [3.8, 4) is 0 Å². The molecule has 1 saturated heterocycles. The molecule has 0 aliphatic carbocycles. The second-order valence-electron chi connectivity index (χ2n) is 5.37. The van der Waals surface area contributed by atoms with Gasteiger partial charge in [-0.3, -0.25) is 4.90 Å². The van der Waals surface area contributed by atoms with Gasteiger partial charge in [-0.05, 0) is 25.5 Å². The fourth-order valence-corrected chi connectivity index (χ4v) is 3.16. The van der Waals surface area contributed by atoms with Crippen molar-refractivity contribution in [1.82, 2.24) is 10.2 Å². The summed E-state index contributed by atoms with van der Waals surface area (Å²) >= 11 is 12.5. The summed E-state index contributed by atoms with van der Waals surface area (Å²) in [6, 6.07) is 6.83. The fourth-order valence-electron chi connectivity index (χ4n) is 2.64. The van der Waals surface area contributed by atoms with Crippen LogP contribution in [0.4, 0.5) is 0 Å². The van der Waals surface area contributed by atoms with Gasteiger partial charge in [-0.15, -0.1) is 0 Å². The van der Waals surface area contributed by atoms with Crippen molar-refractivity contribution in [3.63, 3.8) is 0 Å². The number of hydrogen-bond acceptors (Lipinski definition) is 2. The average Bonchev–Trinajstić information content (AvgIpc) is 2.38. The van der Waals surface area contributed by atoms with Gasteiger partial charge in [-0.2, -0.15) is 0 Å². The number of hydrogen-bond donors (Lipinski definition) is 1. The van der Waals surface area contributed by atoms with Crippen LogP contribution < -0.4 is 5.32 Å². The van der Waals surface area contributed by atoms with Gasteiger partial charge in [0.1, 0.15) is 0 Å². The smallest absolute Gasteiger partial charge is 0.0465 e. The lowest BCUT2D eigenvalue weighted by atomic mass is 10.0. The number of benzene rings is 1. The lowest BCUT2D eigenvalue weighted by Gasteiger charge is -2.39. The van der Waals surface area contributed by atoms with E-state index in [2.05, 4.69) is 24.1 Å². The first kappa shape index (κ1) is 15.1. The van der Waals surface area contributed by atoms with Crippen molar-refractivity contribution in [2.75, 3.05) is 13.1 Å². The van der Waals surface area contributed by atoms with Crippen LogP contribution in [0.3, 0.4) is 0 Å². The van der Waals surface area contributed by atoms with E-state index in [1.165, 1.54) is 12.8 Å². The molecule has 2 atom stereocenters. The molecule has 0 saturated carbocycles. The first-order valence-electron chi connectivity index (χ1n) is 7.02. The van der Waals surface area contributed by atoms with Crippen molar-refractivity contribution in [2.24, 2.45) is 0 Å². The first-order valence-corrected chi connectivity index (χ1v) is 7.77. The Labute approximate surface area is 126 Å². The summed E-state index contributed by atoms with van der Waals surface area (Å²) < 4.78 is 0. The van der Waals surface area contributed by atoms with Gasteiger partial charge < -0.3 is 5.32 Å². The van der Waals surface area contributed by atoms with Gasteiger partial charge >= 0.3 is 0 Å². The van der Waals surface area contributed by atoms with E-state index in [-0.39, 0.29) is 0 Å². The zero-order valence-corrected chi connectivity index (χ0v) is 13.1. The van der Waals surface area contributed by atoms with Crippen molar-refractivity contribution in [1.29, 1.82) is 0 Å². The van der Waals surface area contributed by atoms with Gasteiger partial charge in [-0.25, -0.2) is 0 Å². The highest BCUT2D eigenvalue weighted by atomic mass is 35.5. The molecule has 106 valence electrons. The van der Waals surface area contributed by atoms with Crippen LogP contribution in [0.5, 0.6) is 0 Å². The Balaban J connectivity index is 2.08. The maximum Gasteiger partial charge on any atom is 0.0465 e. The predicted molar refractivity (Wildman–Crippen MR) is 83.0 cm³/mol. The lowest BCUT2D eigenvalue weighted by Crippen LogP contribution is -2.54. The summed E-state index contributed by atoms with van der Waals surface area (Å²) in [5.41, 5.74) is 1.05. The highest BCUT2D eigenvalue weighted by Gasteiger charge is 2.25. The van der Waals surface area contributed by atoms with Gasteiger partial charge in [-0.1, -0.05) is 42.6 Å². The van der Waals surface area contributed by atoms with Crippen molar-refractivity contribution < 1.29 is 0 Å². The predicted octanol–water partition coefficient (Wildman–Crippen LogP) is 3.96. The Morgan fingerprint density at radius 1 is 1.32 bits per heavy atom. The molecule has 19 heavy (non-hydrogen) atoms. The van der Waals surface area contributed by atoms with E-state index in [0.717, 1.165) is 35.2 Å². The monoisotopic (exact) mass is 300 g/mol. The molecule has 1 aromatic rings. The standard InChI is InChI=1S/C15H22Cl2N2/c1-3-5-12-9-19(11(2)8-18-12)10-13-14(16)6-4-7-15(13)17/h4,6-7,11-12,18H,3,5,8-10H2,1-2H3. The average molecular weight is 301 g/mol. The maximum absolute atomic E-state index is 6.27. The highest BCUT2D eigenvalue weighted by Crippen LogP contribution is 2.27. The van der Waals surface area contributed by atoms with Gasteiger partial charge in [0, 0.05) is 47.3 Å². The first-order chi connectivity index (χ1) is 9.11.